The van der Waals surface area contributed by atoms with Gasteiger partial charge in [-0.2, -0.15) is 5.10 Å². The highest BCUT2D eigenvalue weighted by molar-refractivity contribution is 5.81. The summed E-state index contributed by atoms with van der Waals surface area (Å²) in [6.07, 6.45) is 3.04. The van der Waals surface area contributed by atoms with Crippen molar-refractivity contribution in [1.29, 1.82) is 0 Å². The SMILES string of the molecule is Nc1ccc2nn(CCc3ccccc3)cc2c1. The van der Waals surface area contributed by atoms with E-state index in [4.69, 9.17) is 5.73 Å². The summed E-state index contributed by atoms with van der Waals surface area (Å²) >= 11 is 0. The summed E-state index contributed by atoms with van der Waals surface area (Å²) < 4.78 is 1.98. The molecule has 1 heterocycles. The van der Waals surface area contributed by atoms with Gasteiger partial charge in [-0.15, -0.1) is 0 Å². The Kier molecular flexibility index (Phi) is 2.73. The number of hydrogen-bond donors (Lipinski definition) is 1. The molecular formula is C15H15N3. The average molecular weight is 237 g/mol. The molecule has 3 aromatic rings. The first kappa shape index (κ1) is 10.8. The lowest BCUT2D eigenvalue weighted by molar-refractivity contribution is 0.621. The van der Waals surface area contributed by atoms with Crippen molar-refractivity contribution in [2.24, 2.45) is 0 Å². The molecule has 0 unspecified atom stereocenters. The van der Waals surface area contributed by atoms with Crippen LogP contribution < -0.4 is 5.73 Å². The number of nitrogen functional groups attached to an aromatic ring is 1. The maximum Gasteiger partial charge on any atom is 0.0924 e. The minimum Gasteiger partial charge on any atom is -0.399 e. The Morgan fingerprint density at radius 2 is 1.89 bits per heavy atom. The smallest absolute Gasteiger partial charge is 0.0924 e. The molecule has 0 radical (unpaired) electrons. The van der Waals surface area contributed by atoms with E-state index in [0.717, 1.165) is 29.6 Å². The van der Waals surface area contributed by atoms with Crippen LogP contribution in [0.5, 0.6) is 0 Å². The van der Waals surface area contributed by atoms with Crippen LogP contribution in [0.15, 0.2) is 54.7 Å². The van der Waals surface area contributed by atoms with Crippen LogP contribution in [0.3, 0.4) is 0 Å². The predicted molar refractivity (Wildman–Crippen MR) is 74.3 cm³/mol. The van der Waals surface area contributed by atoms with Gasteiger partial charge in [-0.3, -0.25) is 4.68 Å². The van der Waals surface area contributed by atoms with Crippen molar-refractivity contribution in [2.45, 2.75) is 13.0 Å². The van der Waals surface area contributed by atoms with Crippen molar-refractivity contribution in [3.05, 3.63) is 60.3 Å². The molecule has 0 fully saturated rings. The summed E-state index contributed by atoms with van der Waals surface area (Å²) in [4.78, 5) is 0. The Labute approximate surface area is 106 Å². The lowest BCUT2D eigenvalue weighted by atomic mass is 10.1. The molecule has 3 heteroatoms. The van der Waals surface area contributed by atoms with E-state index in [2.05, 4.69) is 35.6 Å². The third-order valence-electron chi connectivity index (χ3n) is 3.05. The highest BCUT2D eigenvalue weighted by atomic mass is 15.3. The Balaban J connectivity index is 1.79. The number of nitrogens with two attached hydrogens (primary N) is 1. The summed E-state index contributed by atoms with van der Waals surface area (Å²) in [5.41, 5.74) is 8.87. The second-order valence-electron chi connectivity index (χ2n) is 4.45. The van der Waals surface area contributed by atoms with Gasteiger partial charge in [0.1, 0.15) is 0 Å². The quantitative estimate of drug-likeness (QED) is 0.712. The van der Waals surface area contributed by atoms with E-state index < -0.39 is 0 Å². The highest BCUT2D eigenvalue weighted by Crippen LogP contribution is 2.15. The maximum atomic E-state index is 5.76. The maximum absolute atomic E-state index is 5.76. The van der Waals surface area contributed by atoms with Crippen LogP contribution in [0.2, 0.25) is 0 Å². The van der Waals surface area contributed by atoms with Gasteiger partial charge in [-0.1, -0.05) is 30.3 Å². The molecule has 0 saturated heterocycles. The first-order valence-electron chi connectivity index (χ1n) is 6.08. The van der Waals surface area contributed by atoms with E-state index in [-0.39, 0.29) is 0 Å². The molecule has 0 atom stereocenters. The summed E-state index contributed by atoms with van der Waals surface area (Å²) in [5.74, 6) is 0. The number of benzene rings is 2. The number of aryl methyl sites for hydroxylation is 2. The van der Waals surface area contributed by atoms with E-state index >= 15 is 0 Å². The summed E-state index contributed by atoms with van der Waals surface area (Å²) in [5, 5.41) is 5.63. The molecule has 3 rings (SSSR count). The number of rotatable bonds is 3. The van der Waals surface area contributed by atoms with Crippen molar-refractivity contribution in [3.8, 4) is 0 Å². The molecule has 3 nitrogen and oxygen atoms in total. The largest absolute Gasteiger partial charge is 0.399 e. The molecule has 0 bridgehead atoms. The van der Waals surface area contributed by atoms with Crippen LogP contribution in [-0.4, -0.2) is 9.78 Å². The number of fused-ring (bicyclic) bond motifs is 1. The molecule has 0 aliphatic carbocycles. The Hall–Kier alpha value is -2.29. The fraction of sp³-hybridized carbons (Fsp3) is 0.133. The number of nitrogens with zero attached hydrogens (tertiary/aromatic N) is 2. The Morgan fingerprint density at radius 3 is 2.72 bits per heavy atom. The molecule has 18 heavy (non-hydrogen) atoms. The Morgan fingerprint density at radius 1 is 1.06 bits per heavy atom. The molecule has 2 N–H and O–H groups in total. The fourth-order valence-electron chi connectivity index (χ4n) is 2.10. The summed E-state index contributed by atoms with van der Waals surface area (Å²) in [6.45, 7) is 0.887. The normalized spacial score (nSPS) is 10.9. The van der Waals surface area contributed by atoms with Crippen LogP contribution in [0, 0.1) is 0 Å². The van der Waals surface area contributed by atoms with Crippen molar-refractivity contribution in [2.75, 3.05) is 5.73 Å². The number of hydrogen-bond acceptors (Lipinski definition) is 2. The topological polar surface area (TPSA) is 43.8 Å². The van der Waals surface area contributed by atoms with Gasteiger partial charge in [-0.25, -0.2) is 0 Å². The molecule has 0 spiro atoms. The van der Waals surface area contributed by atoms with Crippen molar-refractivity contribution in [3.63, 3.8) is 0 Å². The summed E-state index contributed by atoms with van der Waals surface area (Å²) in [6, 6.07) is 16.3. The molecule has 0 amide bonds. The van der Waals surface area contributed by atoms with Crippen molar-refractivity contribution in [1.82, 2.24) is 9.78 Å². The minimum absolute atomic E-state index is 0.783. The van der Waals surface area contributed by atoms with E-state index in [9.17, 15) is 0 Å². The molecule has 0 aliphatic heterocycles. The standard InChI is InChI=1S/C15H15N3/c16-14-6-7-15-13(10-14)11-18(17-15)9-8-12-4-2-1-3-5-12/h1-7,10-11H,8-9,16H2. The van der Waals surface area contributed by atoms with Gasteiger partial charge in [0.2, 0.25) is 0 Å². The Bertz CT molecular complexity index is 656. The van der Waals surface area contributed by atoms with Gasteiger partial charge >= 0.3 is 0 Å². The third-order valence-corrected chi connectivity index (χ3v) is 3.05. The van der Waals surface area contributed by atoms with E-state index in [1.807, 2.05) is 28.9 Å². The number of aromatic nitrogens is 2. The monoisotopic (exact) mass is 237 g/mol. The summed E-state index contributed by atoms with van der Waals surface area (Å²) in [7, 11) is 0. The van der Waals surface area contributed by atoms with Crippen molar-refractivity contribution < 1.29 is 0 Å². The minimum atomic E-state index is 0.783. The van der Waals surface area contributed by atoms with E-state index in [0.29, 0.717) is 0 Å². The first-order chi connectivity index (χ1) is 8.81. The molecule has 2 aromatic carbocycles. The lowest BCUT2D eigenvalue weighted by Crippen LogP contribution is -2.01. The fourth-order valence-corrected chi connectivity index (χ4v) is 2.10. The third kappa shape index (κ3) is 2.20. The molecular weight excluding hydrogens is 222 g/mol. The van der Waals surface area contributed by atoms with E-state index in [1.165, 1.54) is 5.56 Å². The second kappa shape index (κ2) is 4.53. The molecule has 1 aromatic heterocycles. The van der Waals surface area contributed by atoms with E-state index in [1.54, 1.807) is 0 Å². The predicted octanol–water partition coefficient (Wildman–Crippen LogP) is 2.86. The van der Waals surface area contributed by atoms with Crippen LogP contribution in [0.25, 0.3) is 10.9 Å². The number of anilines is 1. The first-order valence-corrected chi connectivity index (χ1v) is 6.08. The van der Waals surface area contributed by atoms with Gasteiger partial charge in [0.15, 0.2) is 0 Å². The average Bonchev–Trinajstić information content (AvgIpc) is 2.79. The highest BCUT2D eigenvalue weighted by Gasteiger charge is 2.01. The van der Waals surface area contributed by atoms with Gasteiger partial charge in [0, 0.05) is 23.8 Å². The van der Waals surface area contributed by atoms with Gasteiger partial charge in [-0.05, 0) is 30.2 Å². The molecule has 0 saturated carbocycles. The van der Waals surface area contributed by atoms with Gasteiger partial charge < -0.3 is 5.73 Å². The van der Waals surface area contributed by atoms with Gasteiger partial charge in [0.05, 0.1) is 5.52 Å². The van der Waals surface area contributed by atoms with Gasteiger partial charge in [0.25, 0.3) is 0 Å². The second-order valence-corrected chi connectivity index (χ2v) is 4.45. The molecule has 90 valence electrons. The molecule has 0 aliphatic rings. The van der Waals surface area contributed by atoms with Crippen LogP contribution in [0.4, 0.5) is 5.69 Å². The van der Waals surface area contributed by atoms with Crippen LogP contribution >= 0.6 is 0 Å². The zero-order valence-electron chi connectivity index (χ0n) is 10.1. The zero-order valence-corrected chi connectivity index (χ0v) is 10.1. The van der Waals surface area contributed by atoms with Crippen LogP contribution in [-0.2, 0) is 13.0 Å². The lowest BCUT2D eigenvalue weighted by Gasteiger charge is -2.01. The van der Waals surface area contributed by atoms with Crippen LogP contribution in [0.1, 0.15) is 5.56 Å². The zero-order chi connectivity index (χ0) is 12.4. The van der Waals surface area contributed by atoms with Crippen molar-refractivity contribution >= 4 is 16.6 Å².